The van der Waals surface area contributed by atoms with Crippen molar-refractivity contribution in [3.8, 4) is 5.75 Å². The van der Waals surface area contributed by atoms with Gasteiger partial charge in [-0.2, -0.15) is 0 Å². The van der Waals surface area contributed by atoms with Gasteiger partial charge < -0.3 is 9.64 Å². The Morgan fingerprint density at radius 2 is 1.52 bits per heavy atom. The predicted molar refractivity (Wildman–Crippen MR) is 96.7 cm³/mol. The van der Waals surface area contributed by atoms with Gasteiger partial charge in [-0.25, -0.2) is 0 Å². The predicted octanol–water partition coefficient (Wildman–Crippen LogP) is 5.69. The van der Waals surface area contributed by atoms with E-state index in [1.54, 1.807) is 0 Å². The summed E-state index contributed by atoms with van der Waals surface area (Å²) in [5.41, 5.74) is 3.25. The van der Waals surface area contributed by atoms with Crippen LogP contribution in [0.4, 0.5) is 11.4 Å². The Morgan fingerprint density at radius 1 is 0.826 bits per heavy atom. The van der Waals surface area contributed by atoms with Crippen LogP contribution in [0.15, 0.2) is 78.9 Å². The van der Waals surface area contributed by atoms with Crippen LogP contribution in [0.2, 0.25) is 5.02 Å². The van der Waals surface area contributed by atoms with Crippen molar-refractivity contribution in [1.82, 2.24) is 0 Å². The van der Waals surface area contributed by atoms with E-state index in [2.05, 4.69) is 23.1 Å². The van der Waals surface area contributed by atoms with E-state index < -0.39 is 0 Å². The Morgan fingerprint density at radius 3 is 2.26 bits per heavy atom. The SMILES string of the molecule is CN(c1cccc(Cl)c1)c1cccc(OCc2ccccc2)c1. The van der Waals surface area contributed by atoms with E-state index in [4.69, 9.17) is 16.3 Å². The number of rotatable bonds is 5. The topological polar surface area (TPSA) is 12.5 Å². The molecule has 0 N–H and O–H groups in total. The highest BCUT2D eigenvalue weighted by Gasteiger charge is 2.06. The maximum atomic E-state index is 6.07. The molecule has 23 heavy (non-hydrogen) atoms. The number of hydrogen-bond donors (Lipinski definition) is 0. The normalized spacial score (nSPS) is 10.3. The molecule has 3 aromatic carbocycles. The third-order valence-electron chi connectivity index (χ3n) is 3.65. The van der Waals surface area contributed by atoms with Gasteiger partial charge in [-0.1, -0.05) is 54.1 Å². The maximum absolute atomic E-state index is 6.07. The molecular weight excluding hydrogens is 306 g/mol. The smallest absolute Gasteiger partial charge is 0.121 e. The Hall–Kier alpha value is -2.45. The molecule has 3 rings (SSSR count). The standard InChI is InChI=1S/C20H18ClNO/c1-22(18-10-5-9-17(21)13-18)19-11-6-12-20(14-19)23-15-16-7-3-2-4-8-16/h2-14H,15H2,1H3. The van der Waals surface area contributed by atoms with Gasteiger partial charge in [0.15, 0.2) is 0 Å². The average Bonchev–Trinajstić information content (AvgIpc) is 2.60. The molecule has 0 amide bonds. The van der Waals surface area contributed by atoms with Crippen LogP contribution in [0, 0.1) is 0 Å². The van der Waals surface area contributed by atoms with Gasteiger partial charge in [0, 0.05) is 29.5 Å². The summed E-state index contributed by atoms with van der Waals surface area (Å²) in [5, 5.41) is 0.728. The molecule has 0 atom stereocenters. The molecule has 3 heteroatoms. The van der Waals surface area contributed by atoms with Crippen molar-refractivity contribution in [2.24, 2.45) is 0 Å². The summed E-state index contributed by atoms with van der Waals surface area (Å²) >= 11 is 6.07. The minimum Gasteiger partial charge on any atom is -0.489 e. The first-order chi connectivity index (χ1) is 11.2. The summed E-state index contributed by atoms with van der Waals surface area (Å²) < 4.78 is 5.89. The summed E-state index contributed by atoms with van der Waals surface area (Å²) in [6.07, 6.45) is 0. The van der Waals surface area contributed by atoms with Crippen LogP contribution in [0.3, 0.4) is 0 Å². The molecule has 0 saturated carbocycles. The van der Waals surface area contributed by atoms with E-state index in [1.807, 2.05) is 67.7 Å². The van der Waals surface area contributed by atoms with E-state index in [-0.39, 0.29) is 0 Å². The molecule has 0 saturated heterocycles. The minimum absolute atomic E-state index is 0.561. The molecule has 0 bridgehead atoms. The van der Waals surface area contributed by atoms with Crippen LogP contribution < -0.4 is 9.64 Å². The molecule has 0 aliphatic heterocycles. The second-order valence-electron chi connectivity index (χ2n) is 5.31. The number of halogens is 1. The van der Waals surface area contributed by atoms with E-state index in [0.717, 1.165) is 27.7 Å². The lowest BCUT2D eigenvalue weighted by Crippen LogP contribution is -2.09. The molecule has 0 aliphatic rings. The maximum Gasteiger partial charge on any atom is 0.121 e. The molecule has 2 nitrogen and oxygen atoms in total. The summed E-state index contributed by atoms with van der Waals surface area (Å²) in [6.45, 7) is 0.561. The quantitative estimate of drug-likeness (QED) is 0.598. The molecule has 0 radical (unpaired) electrons. The van der Waals surface area contributed by atoms with Gasteiger partial charge in [-0.15, -0.1) is 0 Å². The summed E-state index contributed by atoms with van der Waals surface area (Å²) in [6, 6.07) is 26.0. The van der Waals surface area contributed by atoms with Crippen molar-refractivity contribution in [2.75, 3.05) is 11.9 Å². The number of anilines is 2. The molecule has 3 aromatic rings. The summed E-state index contributed by atoms with van der Waals surface area (Å²) in [4.78, 5) is 2.08. The van der Waals surface area contributed by atoms with Crippen LogP contribution >= 0.6 is 11.6 Å². The minimum atomic E-state index is 0.561. The fraction of sp³-hybridized carbons (Fsp3) is 0.100. The monoisotopic (exact) mass is 323 g/mol. The van der Waals surface area contributed by atoms with Crippen molar-refractivity contribution >= 4 is 23.0 Å². The molecular formula is C20H18ClNO. The van der Waals surface area contributed by atoms with Crippen molar-refractivity contribution < 1.29 is 4.74 Å². The Bertz CT molecular complexity index is 773. The van der Waals surface area contributed by atoms with Gasteiger partial charge in [0.25, 0.3) is 0 Å². The number of nitrogens with zero attached hydrogens (tertiary/aromatic N) is 1. The molecule has 116 valence electrons. The molecule has 0 unspecified atom stereocenters. The summed E-state index contributed by atoms with van der Waals surface area (Å²) in [5.74, 6) is 0.847. The largest absolute Gasteiger partial charge is 0.489 e. The Labute approximate surface area is 141 Å². The van der Waals surface area contributed by atoms with Gasteiger partial charge in [-0.05, 0) is 35.9 Å². The first-order valence-corrected chi connectivity index (χ1v) is 7.86. The van der Waals surface area contributed by atoms with Gasteiger partial charge in [0.05, 0.1) is 0 Å². The highest BCUT2D eigenvalue weighted by atomic mass is 35.5. The van der Waals surface area contributed by atoms with Gasteiger partial charge in [0.1, 0.15) is 12.4 Å². The van der Waals surface area contributed by atoms with Crippen LogP contribution in [0.25, 0.3) is 0 Å². The lowest BCUT2D eigenvalue weighted by Gasteiger charge is -2.20. The van der Waals surface area contributed by atoms with E-state index in [0.29, 0.717) is 6.61 Å². The second kappa shape index (κ2) is 7.21. The van der Waals surface area contributed by atoms with Crippen LogP contribution in [-0.2, 0) is 6.61 Å². The number of ether oxygens (including phenoxy) is 1. The third-order valence-corrected chi connectivity index (χ3v) is 3.88. The van der Waals surface area contributed by atoms with Crippen LogP contribution in [-0.4, -0.2) is 7.05 Å². The fourth-order valence-electron chi connectivity index (χ4n) is 2.36. The second-order valence-corrected chi connectivity index (χ2v) is 5.75. The van der Waals surface area contributed by atoms with Crippen molar-refractivity contribution in [1.29, 1.82) is 0 Å². The van der Waals surface area contributed by atoms with Crippen LogP contribution in [0.5, 0.6) is 5.75 Å². The zero-order chi connectivity index (χ0) is 16.1. The Balaban J connectivity index is 1.74. The van der Waals surface area contributed by atoms with Crippen molar-refractivity contribution in [3.05, 3.63) is 89.4 Å². The first-order valence-electron chi connectivity index (χ1n) is 7.48. The van der Waals surface area contributed by atoms with E-state index in [9.17, 15) is 0 Å². The number of benzene rings is 3. The molecule has 0 spiro atoms. The first kappa shape index (κ1) is 15.4. The lowest BCUT2D eigenvalue weighted by atomic mass is 10.2. The van der Waals surface area contributed by atoms with Gasteiger partial charge in [0.2, 0.25) is 0 Å². The van der Waals surface area contributed by atoms with Crippen molar-refractivity contribution in [2.45, 2.75) is 6.61 Å². The summed E-state index contributed by atoms with van der Waals surface area (Å²) in [7, 11) is 2.02. The van der Waals surface area contributed by atoms with E-state index in [1.165, 1.54) is 0 Å². The third kappa shape index (κ3) is 4.05. The lowest BCUT2D eigenvalue weighted by molar-refractivity contribution is 0.306. The average molecular weight is 324 g/mol. The van der Waals surface area contributed by atoms with Gasteiger partial charge >= 0.3 is 0 Å². The fourth-order valence-corrected chi connectivity index (χ4v) is 2.54. The van der Waals surface area contributed by atoms with Crippen LogP contribution in [0.1, 0.15) is 5.56 Å². The highest BCUT2D eigenvalue weighted by molar-refractivity contribution is 6.30. The zero-order valence-electron chi connectivity index (χ0n) is 12.9. The Kier molecular flexibility index (Phi) is 4.84. The molecule has 0 aromatic heterocycles. The van der Waals surface area contributed by atoms with Crippen molar-refractivity contribution in [3.63, 3.8) is 0 Å². The van der Waals surface area contributed by atoms with E-state index >= 15 is 0 Å². The van der Waals surface area contributed by atoms with Gasteiger partial charge in [-0.3, -0.25) is 0 Å². The molecule has 0 fully saturated rings. The molecule has 0 heterocycles. The zero-order valence-corrected chi connectivity index (χ0v) is 13.7. The molecule has 0 aliphatic carbocycles. The highest BCUT2D eigenvalue weighted by Crippen LogP contribution is 2.28. The number of hydrogen-bond acceptors (Lipinski definition) is 2.